The van der Waals surface area contributed by atoms with E-state index in [9.17, 15) is 36.8 Å². The number of nitrogens with one attached hydrogen (secondary N) is 1. The number of pyridine rings is 1. The molecule has 0 spiro atoms. The molecule has 2 atom stereocenters. The maximum atomic E-state index is 13.5. The average molecular weight is 574 g/mol. The van der Waals surface area contributed by atoms with Crippen molar-refractivity contribution < 1.29 is 41.5 Å². The van der Waals surface area contributed by atoms with Crippen molar-refractivity contribution in [3.8, 4) is 11.5 Å². The number of rotatable bonds is 7. The number of aryl methyl sites for hydroxylation is 1. The van der Waals surface area contributed by atoms with E-state index in [2.05, 4.69) is 10.3 Å². The molecule has 0 aliphatic rings. The molecule has 202 valence electrons. The smallest absolute Gasteiger partial charge is 0.417 e. The van der Waals surface area contributed by atoms with Crippen molar-refractivity contribution in [2.24, 2.45) is 0 Å². The maximum absolute atomic E-state index is 13.5. The largest absolute Gasteiger partial charge is 0.588 e. The fourth-order valence-electron chi connectivity index (χ4n) is 3.16. The van der Waals surface area contributed by atoms with Gasteiger partial charge in [0.25, 0.3) is 11.8 Å². The van der Waals surface area contributed by atoms with Gasteiger partial charge in [-0.05, 0) is 50.2 Å². The lowest BCUT2D eigenvalue weighted by molar-refractivity contribution is -0.137. The van der Waals surface area contributed by atoms with E-state index in [1.54, 1.807) is 0 Å². The van der Waals surface area contributed by atoms with Crippen LogP contribution in [0.4, 0.5) is 23.2 Å². The summed E-state index contributed by atoms with van der Waals surface area (Å²) in [5, 5.41) is 11.1. The molecule has 0 fully saturated rings. The van der Waals surface area contributed by atoms with Gasteiger partial charge in [-0.1, -0.05) is 17.7 Å². The van der Waals surface area contributed by atoms with Crippen molar-refractivity contribution in [3.05, 3.63) is 76.3 Å². The SMILES string of the molecule is Cc1nc(F)ccc1Oc1cc(C(F)(F)F)c(Cl)cc1C(=O)Nc1cccc([S@@+]([O-])N(C)C(=O)[C@@H](C)O)c1. The Labute approximate surface area is 222 Å². The lowest BCUT2D eigenvalue weighted by Crippen LogP contribution is -2.39. The van der Waals surface area contributed by atoms with Crippen LogP contribution in [-0.2, 0) is 22.3 Å². The number of halogens is 5. The first-order valence-corrected chi connectivity index (χ1v) is 12.2. The summed E-state index contributed by atoms with van der Waals surface area (Å²) in [6, 6.07) is 8.92. The Balaban J connectivity index is 1.97. The van der Waals surface area contributed by atoms with Crippen molar-refractivity contribution in [3.63, 3.8) is 0 Å². The van der Waals surface area contributed by atoms with Gasteiger partial charge >= 0.3 is 6.18 Å². The van der Waals surface area contributed by atoms with Gasteiger partial charge in [-0.15, -0.1) is 0 Å². The number of benzene rings is 2. The molecule has 0 bridgehead atoms. The highest BCUT2D eigenvalue weighted by Gasteiger charge is 2.35. The molecule has 14 heteroatoms. The van der Waals surface area contributed by atoms with Crippen LogP contribution >= 0.6 is 11.6 Å². The van der Waals surface area contributed by atoms with Crippen LogP contribution in [0.3, 0.4) is 0 Å². The topological polar surface area (TPSA) is 115 Å². The van der Waals surface area contributed by atoms with E-state index in [0.29, 0.717) is 6.07 Å². The normalized spacial score (nSPS) is 13.0. The number of ether oxygens (including phenoxy) is 1. The lowest BCUT2D eigenvalue weighted by Gasteiger charge is -2.21. The van der Waals surface area contributed by atoms with E-state index in [-0.39, 0.29) is 27.6 Å². The monoisotopic (exact) mass is 573 g/mol. The predicted octanol–water partition coefficient (Wildman–Crippen LogP) is 5.11. The van der Waals surface area contributed by atoms with Crippen molar-refractivity contribution in [2.45, 2.75) is 31.0 Å². The molecule has 8 nitrogen and oxygen atoms in total. The van der Waals surface area contributed by atoms with E-state index in [1.807, 2.05) is 0 Å². The second-order valence-corrected chi connectivity index (χ2v) is 9.81. The van der Waals surface area contributed by atoms with E-state index in [4.69, 9.17) is 16.3 Å². The van der Waals surface area contributed by atoms with Crippen LogP contribution in [0.2, 0.25) is 5.02 Å². The molecular weight excluding hydrogens is 554 g/mol. The summed E-state index contributed by atoms with van der Waals surface area (Å²) >= 11 is 3.79. The van der Waals surface area contributed by atoms with E-state index >= 15 is 0 Å². The second-order valence-electron chi connectivity index (χ2n) is 7.89. The third-order valence-corrected chi connectivity index (χ3v) is 6.70. The van der Waals surface area contributed by atoms with Crippen LogP contribution in [0.1, 0.15) is 28.5 Å². The minimum atomic E-state index is -4.87. The zero-order valence-corrected chi connectivity index (χ0v) is 21.5. The molecule has 2 aromatic carbocycles. The van der Waals surface area contributed by atoms with Crippen molar-refractivity contribution in [1.29, 1.82) is 0 Å². The maximum Gasteiger partial charge on any atom is 0.417 e. The van der Waals surface area contributed by atoms with Crippen LogP contribution in [-0.4, -0.2) is 43.9 Å². The lowest BCUT2D eigenvalue weighted by atomic mass is 10.1. The Kier molecular flexibility index (Phi) is 8.87. The standard InChI is InChI=1S/C24H20ClF4N3O5S/c1-12-19(7-8-21(26)30-12)37-20-11-17(24(27,28)29)18(25)10-16(20)22(34)31-14-5-4-6-15(9-14)38(36)32(3)23(35)13(2)33/h4-11,13,33H,1-3H3,(H,31,34)/t13-,38-/m1/s1. The molecule has 0 aliphatic carbocycles. The van der Waals surface area contributed by atoms with Gasteiger partial charge in [0, 0.05) is 11.8 Å². The number of alkyl halides is 3. The highest BCUT2D eigenvalue weighted by Crippen LogP contribution is 2.40. The number of likely N-dealkylation sites (N-methyl/N-ethyl adjacent to an activating group) is 1. The van der Waals surface area contributed by atoms with Gasteiger partial charge in [0.2, 0.25) is 5.95 Å². The number of amides is 2. The summed E-state index contributed by atoms with van der Waals surface area (Å²) in [5.74, 6) is -3.20. The first-order valence-electron chi connectivity index (χ1n) is 10.7. The first-order chi connectivity index (χ1) is 17.7. The Morgan fingerprint density at radius 2 is 1.87 bits per heavy atom. The summed E-state index contributed by atoms with van der Waals surface area (Å²) in [6.07, 6.45) is -6.26. The molecule has 0 saturated heterocycles. The summed E-state index contributed by atoms with van der Waals surface area (Å²) in [6.45, 7) is 2.58. The number of aliphatic hydroxyl groups is 1. The molecule has 38 heavy (non-hydrogen) atoms. The fraction of sp³-hybridized carbons (Fsp3) is 0.208. The molecule has 3 aromatic rings. The van der Waals surface area contributed by atoms with Crippen LogP contribution in [0.15, 0.2) is 53.4 Å². The minimum absolute atomic E-state index is 0.0194. The van der Waals surface area contributed by atoms with Crippen molar-refractivity contribution in [1.82, 2.24) is 9.29 Å². The van der Waals surface area contributed by atoms with Gasteiger partial charge in [-0.3, -0.25) is 9.59 Å². The number of nitrogens with zero attached hydrogens (tertiary/aromatic N) is 2. The second kappa shape index (κ2) is 11.6. The van der Waals surface area contributed by atoms with E-state index in [1.165, 1.54) is 45.2 Å². The van der Waals surface area contributed by atoms with Gasteiger partial charge in [-0.25, -0.2) is 4.98 Å². The number of hydrogen-bond donors (Lipinski definition) is 2. The molecule has 1 heterocycles. The third-order valence-electron chi connectivity index (χ3n) is 5.05. The fourth-order valence-corrected chi connectivity index (χ4v) is 4.49. The molecule has 0 aliphatic heterocycles. The number of carbonyl (C=O) groups excluding carboxylic acids is 2. The number of aromatic nitrogens is 1. The molecule has 0 radical (unpaired) electrons. The summed E-state index contributed by atoms with van der Waals surface area (Å²) < 4.78 is 72.9. The minimum Gasteiger partial charge on any atom is -0.588 e. The number of aliphatic hydroxyl groups excluding tert-OH is 1. The zero-order valence-electron chi connectivity index (χ0n) is 20.0. The zero-order chi connectivity index (χ0) is 28.4. The first kappa shape index (κ1) is 29.2. The highest BCUT2D eigenvalue weighted by atomic mass is 35.5. The Morgan fingerprint density at radius 1 is 1.18 bits per heavy atom. The number of carbonyl (C=O) groups is 2. The van der Waals surface area contributed by atoms with Gasteiger partial charge in [0.15, 0.2) is 4.90 Å². The molecule has 0 saturated carbocycles. The molecule has 1 aromatic heterocycles. The van der Waals surface area contributed by atoms with E-state index in [0.717, 1.165) is 22.5 Å². The van der Waals surface area contributed by atoms with Crippen molar-refractivity contribution in [2.75, 3.05) is 12.4 Å². The van der Waals surface area contributed by atoms with Gasteiger partial charge in [0.05, 0.1) is 28.9 Å². The Morgan fingerprint density at radius 3 is 2.47 bits per heavy atom. The number of hydrogen-bond acceptors (Lipinski definition) is 6. The average Bonchev–Trinajstić information content (AvgIpc) is 2.84. The van der Waals surface area contributed by atoms with Gasteiger partial charge in [0.1, 0.15) is 29.0 Å². The van der Waals surface area contributed by atoms with E-state index < -0.39 is 57.7 Å². The predicted molar refractivity (Wildman–Crippen MR) is 131 cm³/mol. The van der Waals surface area contributed by atoms with Crippen LogP contribution in [0.25, 0.3) is 0 Å². The summed E-state index contributed by atoms with van der Waals surface area (Å²) in [4.78, 5) is 28.7. The molecule has 2 N–H and O–H groups in total. The molecule has 3 rings (SSSR count). The number of anilines is 1. The van der Waals surface area contributed by atoms with Crippen LogP contribution in [0, 0.1) is 12.9 Å². The molecular formula is C24H20ClF4N3O5S. The van der Waals surface area contributed by atoms with Crippen molar-refractivity contribution >= 4 is 40.5 Å². The Bertz CT molecular complexity index is 1370. The van der Waals surface area contributed by atoms with Gasteiger partial charge < -0.3 is 19.7 Å². The summed E-state index contributed by atoms with van der Waals surface area (Å²) in [7, 11) is 1.22. The van der Waals surface area contributed by atoms with Crippen LogP contribution < -0.4 is 10.1 Å². The van der Waals surface area contributed by atoms with Gasteiger partial charge in [-0.2, -0.15) is 21.9 Å². The Hall–Kier alpha value is -3.39. The molecule has 2 amide bonds. The molecule has 0 unspecified atom stereocenters. The quantitative estimate of drug-likeness (QED) is 0.231. The third kappa shape index (κ3) is 6.72. The highest BCUT2D eigenvalue weighted by molar-refractivity contribution is 7.89. The van der Waals surface area contributed by atoms with Crippen LogP contribution in [0.5, 0.6) is 11.5 Å². The summed E-state index contributed by atoms with van der Waals surface area (Å²) in [5.41, 5.74) is -1.55.